The van der Waals surface area contributed by atoms with Gasteiger partial charge in [0.1, 0.15) is 5.82 Å². The minimum absolute atomic E-state index is 0.641. The number of rotatable bonds is 8. The molecule has 2 aromatic rings. The summed E-state index contributed by atoms with van der Waals surface area (Å²) in [6.07, 6.45) is 4.69. The van der Waals surface area contributed by atoms with Crippen LogP contribution in [0.4, 0.5) is 17.5 Å². The highest BCUT2D eigenvalue weighted by molar-refractivity contribution is 5.55. The molecule has 0 aliphatic carbocycles. The molecule has 0 radical (unpaired) electrons. The van der Waals surface area contributed by atoms with Crippen LogP contribution in [0.3, 0.4) is 0 Å². The molecule has 0 amide bonds. The fourth-order valence-electron chi connectivity index (χ4n) is 2.26. The monoisotopic (exact) mass is 298 g/mol. The van der Waals surface area contributed by atoms with Crippen molar-refractivity contribution in [1.82, 2.24) is 9.97 Å². The molecule has 0 unspecified atom stereocenters. The molecule has 0 spiro atoms. The van der Waals surface area contributed by atoms with E-state index >= 15 is 0 Å². The molecular weight excluding hydrogens is 272 g/mol. The van der Waals surface area contributed by atoms with E-state index in [4.69, 9.17) is 0 Å². The number of hydrogen-bond acceptors (Lipinski definition) is 4. The van der Waals surface area contributed by atoms with Gasteiger partial charge in [-0.2, -0.15) is 4.98 Å². The van der Waals surface area contributed by atoms with Crippen molar-refractivity contribution >= 4 is 17.5 Å². The van der Waals surface area contributed by atoms with Gasteiger partial charge in [0.05, 0.1) is 0 Å². The van der Waals surface area contributed by atoms with Crippen LogP contribution in [0.5, 0.6) is 0 Å². The number of hydrogen-bond donors (Lipinski definition) is 2. The van der Waals surface area contributed by atoms with Crippen LogP contribution in [0.15, 0.2) is 30.3 Å². The van der Waals surface area contributed by atoms with Crippen molar-refractivity contribution in [3.05, 3.63) is 41.6 Å². The van der Waals surface area contributed by atoms with Crippen LogP contribution in [-0.2, 0) is 6.42 Å². The third kappa shape index (κ3) is 5.02. The van der Waals surface area contributed by atoms with E-state index in [1.807, 2.05) is 13.0 Å². The molecule has 1 aromatic heterocycles. The Morgan fingerprint density at radius 2 is 1.77 bits per heavy atom. The van der Waals surface area contributed by atoms with Gasteiger partial charge in [0.25, 0.3) is 0 Å². The Morgan fingerprint density at radius 3 is 2.45 bits per heavy atom. The number of nitrogens with one attached hydrogen (secondary N) is 2. The van der Waals surface area contributed by atoms with Gasteiger partial charge in [-0.05, 0) is 37.5 Å². The fourth-order valence-corrected chi connectivity index (χ4v) is 2.26. The molecule has 1 aromatic carbocycles. The molecule has 0 bridgehead atoms. The molecule has 1 heterocycles. The maximum absolute atomic E-state index is 4.54. The standard InChI is InChI=1S/C18H26N4/c1-4-6-7-12-19-17-13-14(3)20-18(22-17)21-16-10-8-15(5-2)9-11-16/h8-11,13H,4-7,12H2,1-3H3,(H2,19,20,21,22). The number of aryl methyl sites for hydroxylation is 2. The van der Waals surface area contributed by atoms with Crippen LogP contribution in [0.1, 0.15) is 44.4 Å². The zero-order valence-corrected chi connectivity index (χ0v) is 13.8. The molecular formula is C18H26N4. The van der Waals surface area contributed by atoms with Crippen molar-refractivity contribution in [2.45, 2.75) is 46.5 Å². The van der Waals surface area contributed by atoms with Crippen molar-refractivity contribution in [3.63, 3.8) is 0 Å². The summed E-state index contributed by atoms with van der Waals surface area (Å²) in [4.78, 5) is 8.99. The number of benzene rings is 1. The van der Waals surface area contributed by atoms with Crippen LogP contribution < -0.4 is 10.6 Å². The highest BCUT2D eigenvalue weighted by Crippen LogP contribution is 2.17. The maximum atomic E-state index is 4.54. The van der Waals surface area contributed by atoms with Crippen molar-refractivity contribution in [3.8, 4) is 0 Å². The Labute approximate surface area is 133 Å². The number of unbranched alkanes of at least 4 members (excludes halogenated alkanes) is 2. The fraction of sp³-hybridized carbons (Fsp3) is 0.444. The van der Waals surface area contributed by atoms with E-state index in [1.165, 1.54) is 24.8 Å². The first kappa shape index (κ1) is 16.3. The Hall–Kier alpha value is -2.10. The van der Waals surface area contributed by atoms with Crippen molar-refractivity contribution in [2.24, 2.45) is 0 Å². The summed E-state index contributed by atoms with van der Waals surface area (Å²) >= 11 is 0. The molecule has 0 aliphatic rings. The van der Waals surface area contributed by atoms with Gasteiger partial charge in [-0.25, -0.2) is 4.98 Å². The normalized spacial score (nSPS) is 10.5. The summed E-state index contributed by atoms with van der Waals surface area (Å²) in [5.74, 6) is 1.53. The number of aromatic nitrogens is 2. The van der Waals surface area contributed by atoms with E-state index in [0.717, 1.165) is 30.2 Å². The Balaban J connectivity index is 2.01. The lowest BCUT2D eigenvalue weighted by Gasteiger charge is -2.10. The van der Waals surface area contributed by atoms with E-state index in [9.17, 15) is 0 Å². The first-order chi connectivity index (χ1) is 10.7. The van der Waals surface area contributed by atoms with Crippen LogP contribution in [0, 0.1) is 6.92 Å². The van der Waals surface area contributed by atoms with Crippen LogP contribution in [-0.4, -0.2) is 16.5 Å². The van der Waals surface area contributed by atoms with Crippen LogP contribution in [0.2, 0.25) is 0 Å². The van der Waals surface area contributed by atoms with Gasteiger partial charge >= 0.3 is 0 Å². The summed E-state index contributed by atoms with van der Waals surface area (Å²) in [7, 11) is 0. The summed E-state index contributed by atoms with van der Waals surface area (Å²) in [6, 6.07) is 10.4. The Kier molecular flexibility index (Phi) is 6.19. The lowest BCUT2D eigenvalue weighted by molar-refractivity contribution is 0.742. The van der Waals surface area contributed by atoms with E-state index in [0.29, 0.717) is 5.95 Å². The molecule has 0 aliphatic heterocycles. The second kappa shape index (κ2) is 8.37. The average molecular weight is 298 g/mol. The van der Waals surface area contributed by atoms with Gasteiger partial charge in [-0.3, -0.25) is 0 Å². The van der Waals surface area contributed by atoms with Gasteiger partial charge in [0.15, 0.2) is 0 Å². The van der Waals surface area contributed by atoms with Crippen molar-refractivity contribution in [1.29, 1.82) is 0 Å². The Bertz CT molecular complexity index is 578. The quantitative estimate of drug-likeness (QED) is 0.694. The summed E-state index contributed by atoms with van der Waals surface area (Å²) < 4.78 is 0. The highest BCUT2D eigenvalue weighted by atomic mass is 15.1. The second-order valence-electron chi connectivity index (χ2n) is 5.53. The van der Waals surface area contributed by atoms with Crippen molar-refractivity contribution < 1.29 is 0 Å². The first-order valence-electron chi connectivity index (χ1n) is 8.16. The maximum Gasteiger partial charge on any atom is 0.229 e. The molecule has 0 saturated heterocycles. The molecule has 118 valence electrons. The van der Waals surface area contributed by atoms with E-state index in [2.05, 4.69) is 58.7 Å². The van der Waals surface area contributed by atoms with Gasteiger partial charge in [0, 0.05) is 24.0 Å². The van der Waals surface area contributed by atoms with E-state index < -0.39 is 0 Å². The molecule has 4 nitrogen and oxygen atoms in total. The highest BCUT2D eigenvalue weighted by Gasteiger charge is 2.03. The molecule has 2 rings (SSSR count). The van der Waals surface area contributed by atoms with Gasteiger partial charge in [0.2, 0.25) is 5.95 Å². The molecule has 22 heavy (non-hydrogen) atoms. The van der Waals surface area contributed by atoms with Crippen LogP contribution >= 0.6 is 0 Å². The van der Waals surface area contributed by atoms with E-state index in [1.54, 1.807) is 0 Å². The summed E-state index contributed by atoms with van der Waals surface area (Å²) in [5, 5.41) is 6.65. The molecule has 4 heteroatoms. The Morgan fingerprint density at radius 1 is 1.00 bits per heavy atom. The lowest BCUT2D eigenvalue weighted by atomic mass is 10.1. The van der Waals surface area contributed by atoms with Gasteiger partial charge in [-0.15, -0.1) is 0 Å². The lowest BCUT2D eigenvalue weighted by Crippen LogP contribution is -2.06. The largest absolute Gasteiger partial charge is 0.370 e. The summed E-state index contributed by atoms with van der Waals surface area (Å²) in [6.45, 7) is 7.31. The predicted molar refractivity (Wildman–Crippen MR) is 93.9 cm³/mol. The number of nitrogens with zero attached hydrogens (tertiary/aromatic N) is 2. The zero-order chi connectivity index (χ0) is 15.8. The smallest absolute Gasteiger partial charge is 0.229 e. The molecule has 0 atom stereocenters. The minimum atomic E-state index is 0.641. The van der Waals surface area contributed by atoms with Gasteiger partial charge < -0.3 is 10.6 Å². The van der Waals surface area contributed by atoms with Crippen LogP contribution in [0.25, 0.3) is 0 Å². The van der Waals surface area contributed by atoms with Gasteiger partial charge in [-0.1, -0.05) is 38.8 Å². The third-order valence-corrected chi connectivity index (χ3v) is 3.56. The zero-order valence-electron chi connectivity index (χ0n) is 13.8. The average Bonchev–Trinajstić information content (AvgIpc) is 2.52. The topological polar surface area (TPSA) is 49.8 Å². The molecule has 0 saturated carbocycles. The SMILES string of the molecule is CCCCCNc1cc(C)nc(Nc2ccc(CC)cc2)n1. The molecule has 0 fully saturated rings. The first-order valence-corrected chi connectivity index (χ1v) is 8.16. The third-order valence-electron chi connectivity index (χ3n) is 3.56. The summed E-state index contributed by atoms with van der Waals surface area (Å²) in [5.41, 5.74) is 3.30. The number of anilines is 3. The predicted octanol–water partition coefficient (Wildman–Crippen LogP) is 4.69. The van der Waals surface area contributed by atoms with Crippen molar-refractivity contribution in [2.75, 3.05) is 17.2 Å². The second-order valence-corrected chi connectivity index (χ2v) is 5.53. The molecule has 2 N–H and O–H groups in total. The minimum Gasteiger partial charge on any atom is -0.370 e. The van der Waals surface area contributed by atoms with E-state index in [-0.39, 0.29) is 0 Å².